The van der Waals surface area contributed by atoms with Crippen molar-refractivity contribution >= 4 is 27.2 Å². The number of nitrogens with one attached hydrogen (secondary N) is 2. The predicted octanol–water partition coefficient (Wildman–Crippen LogP) is 1.77. The normalized spacial score (nSPS) is 19.7. The zero-order valence-electron chi connectivity index (χ0n) is 12.2. The molecular weight excluding hydrogens is 308 g/mol. The summed E-state index contributed by atoms with van der Waals surface area (Å²) in [5.74, 6) is 0.553. The number of nitrogens with two attached hydrogens (primary N) is 1. The van der Waals surface area contributed by atoms with Crippen molar-refractivity contribution in [3.8, 4) is 0 Å². The first-order valence-corrected chi connectivity index (χ1v) is 9.10. The monoisotopic (exact) mass is 330 g/mol. The van der Waals surface area contributed by atoms with Crippen LogP contribution in [-0.2, 0) is 10.0 Å². The molecule has 1 aromatic heterocycles. The lowest BCUT2D eigenvalue weighted by molar-refractivity contribution is 0.371. The summed E-state index contributed by atoms with van der Waals surface area (Å²) in [5.41, 5.74) is 5.07. The third kappa shape index (κ3) is 3.81. The molecule has 1 aromatic rings. The largest absolute Gasteiger partial charge is 0.392 e. The molecule has 0 saturated heterocycles. The van der Waals surface area contributed by atoms with Crippen LogP contribution >= 0.6 is 12.2 Å². The van der Waals surface area contributed by atoms with Crippen LogP contribution in [0.25, 0.3) is 0 Å². The fourth-order valence-electron chi connectivity index (χ4n) is 2.75. The molecule has 1 heterocycles. The number of H-pyrrole nitrogens is 1. The lowest BCUT2D eigenvalue weighted by Gasteiger charge is -2.34. The Bertz CT molecular complexity index is 601. The molecule has 118 valence electrons. The van der Waals surface area contributed by atoms with Crippen molar-refractivity contribution in [3.05, 3.63) is 12.0 Å². The highest BCUT2D eigenvalue weighted by molar-refractivity contribution is 7.89. The quantitative estimate of drug-likeness (QED) is 0.730. The summed E-state index contributed by atoms with van der Waals surface area (Å²) in [5, 5.41) is 0.0534. The van der Waals surface area contributed by atoms with Crippen molar-refractivity contribution in [1.82, 2.24) is 14.7 Å². The zero-order chi connectivity index (χ0) is 15.5. The number of hydrogen-bond acceptors (Lipinski definition) is 4. The summed E-state index contributed by atoms with van der Waals surface area (Å²) in [4.78, 5) is 6.91. The van der Waals surface area contributed by atoms with E-state index in [2.05, 4.69) is 14.7 Å². The second kappa shape index (κ2) is 6.41. The fraction of sp³-hybridized carbons (Fsp3) is 0.692. The van der Waals surface area contributed by atoms with E-state index in [1.807, 2.05) is 0 Å². The van der Waals surface area contributed by atoms with Crippen LogP contribution in [0.4, 0.5) is 0 Å². The fourth-order valence-corrected chi connectivity index (χ4v) is 4.49. The van der Waals surface area contributed by atoms with Gasteiger partial charge in [-0.05, 0) is 19.8 Å². The summed E-state index contributed by atoms with van der Waals surface area (Å²) < 4.78 is 27.8. The second-order valence-corrected chi connectivity index (χ2v) is 7.74. The van der Waals surface area contributed by atoms with Crippen molar-refractivity contribution in [2.24, 2.45) is 5.73 Å². The Labute approximate surface area is 131 Å². The molecule has 0 aromatic carbocycles. The number of nitrogens with zero attached hydrogens (tertiary/aromatic N) is 1. The van der Waals surface area contributed by atoms with Crippen molar-refractivity contribution in [1.29, 1.82) is 0 Å². The molecular formula is C13H22N4O2S2. The highest BCUT2D eigenvalue weighted by Gasteiger charge is 2.38. The first kappa shape index (κ1) is 16.4. The zero-order valence-corrected chi connectivity index (χ0v) is 13.8. The number of sulfonamides is 1. The summed E-state index contributed by atoms with van der Waals surface area (Å²) in [6.07, 6.45) is 7.78. The van der Waals surface area contributed by atoms with E-state index in [1.54, 1.807) is 6.92 Å². The van der Waals surface area contributed by atoms with Gasteiger partial charge in [0, 0.05) is 0 Å². The molecule has 8 heteroatoms. The molecule has 6 nitrogen and oxygen atoms in total. The van der Waals surface area contributed by atoms with Gasteiger partial charge in [-0.15, -0.1) is 0 Å². The molecule has 0 unspecified atom stereocenters. The summed E-state index contributed by atoms with van der Waals surface area (Å²) in [7, 11) is -3.71. The number of imidazole rings is 1. The first-order chi connectivity index (χ1) is 9.86. The molecule has 0 bridgehead atoms. The van der Waals surface area contributed by atoms with E-state index >= 15 is 0 Å². The molecule has 1 saturated carbocycles. The van der Waals surface area contributed by atoms with Crippen LogP contribution in [0.2, 0.25) is 0 Å². The van der Waals surface area contributed by atoms with Crippen LogP contribution in [0.5, 0.6) is 0 Å². The SMILES string of the molecule is Cc1ncc(S(=O)(=O)NC2(C(N)=S)CCCCCCC2)[nH]1. The van der Waals surface area contributed by atoms with Crippen LogP contribution in [-0.4, -0.2) is 28.9 Å². The summed E-state index contributed by atoms with van der Waals surface area (Å²) in [6.45, 7) is 1.71. The molecule has 4 N–H and O–H groups in total. The van der Waals surface area contributed by atoms with Crippen LogP contribution in [0, 0.1) is 6.92 Å². The average molecular weight is 330 g/mol. The maximum Gasteiger partial charge on any atom is 0.258 e. The third-order valence-electron chi connectivity index (χ3n) is 3.98. The minimum absolute atomic E-state index is 0.0534. The van der Waals surface area contributed by atoms with E-state index < -0.39 is 15.6 Å². The Morgan fingerprint density at radius 1 is 1.33 bits per heavy atom. The van der Waals surface area contributed by atoms with Crippen LogP contribution < -0.4 is 10.5 Å². The van der Waals surface area contributed by atoms with Gasteiger partial charge >= 0.3 is 0 Å². The van der Waals surface area contributed by atoms with Gasteiger partial charge < -0.3 is 10.7 Å². The van der Waals surface area contributed by atoms with Gasteiger partial charge in [0.2, 0.25) is 0 Å². The number of aryl methyl sites for hydroxylation is 1. The van der Waals surface area contributed by atoms with E-state index in [1.165, 1.54) is 12.6 Å². The number of aromatic amines is 1. The van der Waals surface area contributed by atoms with Gasteiger partial charge in [-0.3, -0.25) is 0 Å². The molecule has 0 amide bonds. The Morgan fingerprint density at radius 2 is 1.90 bits per heavy atom. The van der Waals surface area contributed by atoms with Gasteiger partial charge in [-0.2, -0.15) is 4.72 Å². The second-order valence-electron chi connectivity index (χ2n) is 5.65. The lowest BCUT2D eigenvalue weighted by atomic mass is 9.85. The maximum atomic E-state index is 12.5. The summed E-state index contributed by atoms with van der Waals surface area (Å²) >= 11 is 5.18. The first-order valence-electron chi connectivity index (χ1n) is 7.21. The summed E-state index contributed by atoms with van der Waals surface area (Å²) in [6, 6.07) is 0. The van der Waals surface area contributed by atoms with Crippen molar-refractivity contribution < 1.29 is 8.42 Å². The van der Waals surface area contributed by atoms with Crippen molar-refractivity contribution in [2.75, 3.05) is 0 Å². The van der Waals surface area contributed by atoms with Crippen LogP contribution in [0.1, 0.15) is 50.8 Å². The Hall–Kier alpha value is -0.990. The maximum absolute atomic E-state index is 12.5. The molecule has 0 radical (unpaired) electrons. The molecule has 0 aliphatic heterocycles. The van der Waals surface area contributed by atoms with Crippen molar-refractivity contribution in [3.63, 3.8) is 0 Å². The lowest BCUT2D eigenvalue weighted by Crippen LogP contribution is -2.56. The van der Waals surface area contributed by atoms with Crippen LogP contribution in [0.15, 0.2) is 11.2 Å². The van der Waals surface area contributed by atoms with Gasteiger partial charge in [0.05, 0.1) is 16.7 Å². The van der Waals surface area contributed by atoms with E-state index in [-0.39, 0.29) is 10.0 Å². The van der Waals surface area contributed by atoms with E-state index in [0.717, 1.165) is 25.7 Å². The van der Waals surface area contributed by atoms with Gasteiger partial charge in [0.25, 0.3) is 10.0 Å². The van der Waals surface area contributed by atoms with E-state index in [0.29, 0.717) is 18.7 Å². The highest BCUT2D eigenvalue weighted by atomic mass is 32.2. The average Bonchev–Trinajstić information content (AvgIpc) is 2.80. The minimum atomic E-state index is -3.71. The van der Waals surface area contributed by atoms with E-state index in [9.17, 15) is 8.42 Å². The molecule has 1 fully saturated rings. The number of thiocarbonyl (C=S) groups is 1. The van der Waals surface area contributed by atoms with E-state index in [4.69, 9.17) is 18.0 Å². The molecule has 0 atom stereocenters. The van der Waals surface area contributed by atoms with Gasteiger partial charge in [-0.25, -0.2) is 13.4 Å². The minimum Gasteiger partial charge on any atom is -0.392 e. The highest BCUT2D eigenvalue weighted by Crippen LogP contribution is 2.28. The van der Waals surface area contributed by atoms with Gasteiger partial charge in [0.1, 0.15) is 5.82 Å². The molecule has 1 aliphatic carbocycles. The van der Waals surface area contributed by atoms with Crippen LogP contribution in [0.3, 0.4) is 0 Å². The number of aromatic nitrogens is 2. The Morgan fingerprint density at radius 3 is 2.38 bits per heavy atom. The topological polar surface area (TPSA) is 101 Å². The molecule has 21 heavy (non-hydrogen) atoms. The standard InChI is InChI=1S/C13H22N4O2S2/c1-10-15-9-11(16-10)21(18,19)17-13(12(14)20)7-5-3-2-4-6-8-13/h9,17H,2-8H2,1H3,(H2,14,20)(H,15,16). The molecule has 1 aliphatic rings. The van der Waals surface area contributed by atoms with Crippen molar-refractivity contribution in [2.45, 2.75) is 62.4 Å². The third-order valence-corrected chi connectivity index (χ3v) is 5.81. The molecule has 0 spiro atoms. The molecule has 2 rings (SSSR count). The number of hydrogen-bond donors (Lipinski definition) is 3. The smallest absolute Gasteiger partial charge is 0.258 e. The van der Waals surface area contributed by atoms with Gasteiger partial charge in [-0.1, -0.05) is 44.3 Å². The van der Waals surface area contributed by atoms with Gasteiger partial charge in [0.15, 0.2) is 5.03 Å². The Balaban J connectivity index is 2.28. The predicted molar refractivity (Wildman–Crippen MR) is 85.5 cm³/mol. The number of rotatable bonds is 4. The Kier molecular flexibility index (Phi) is 5.00.